The normalized spacial score (nSPS) is 13.8. The molecule has 0 fully saturated rings. The molecule has 3 amide bonds. The summed E-state index contributed by atoms with van der Waals surface area (Å²) in [4.78, 5) is 47.9. The van der Waals surface area contributed by atoms with Crippen molar-refractivity contribution in [3.8, 4) is 0 Å². The molecule has 0 saturated heterocycles. The van der Waals surface area contributed by atoms with Crippen LogP contribution in [0.25, 0.3) is 0 Å². The fraction of sp³-hybridized carbons (Fsp3) is 0.500. The Morgan fingerprint density at radius 2 is 1.57 bits per heavy atom. The van der Waals surface area contributed by atoms with E-state index in [1.807, 2.05) is 13.8 Å². The van der Waals surface area contributed by atoms with E-state index in [-0.39, 0.29) is 12.3 Å². The number of carboxylic acid groups (broad SMARTS) is 1. The van der Waals surface area contributed by atoms with Gasteiger partial charge in [-0.25, -0.2) is 0 Å². The van der Waals surface area contributed by atoms with Crippen LogP contribution in [0.15, 0.2) is 30.3 Å². The number of benzene rings is 1. The molecule has 30 heavy (non-hydrogen) atoms. The van der Waals surface area contributed by atoms with Crippen LogP contribution in [0.2, 0.25) is 0 Å². The molecule has 166 valence electrons. The second-order valence-electron chi connectivity index (χ2n) is 7.34. The van der Waals surface area contributed by atoms with Crippen molar-refractivity contribution in [1.29, 1.82) is 0 Å². The summed E-state index contributed by atoms with van der Waals surface area (Å²) in [6, 6.07) is 5.56. The van der Waals surface area contributed by atoms with Gasteiger partial charge < -0.3 is 31.9 Å². The lowest BCUT2D eigenvalue weighted by Crippen LogP contribution is -2.57. The van der Waals surface area contributed by atoms with Gasteiger partial charge in [-0.05, 0) is 17.9 Å². The summed E-state index contributed by atoms with van der Waals surface area (Å²) in [5.74, 6) is -3.14. The molecule has 0 spiro atoms. The Bertz CT molecular complexity index is 725. The summed E-state index contributed by atoms with van der Waals surface area (Å²) < 4.78 is 0. The van der Waals surface area contributed by atoms with Crippen molar-refractivity contribution in [3.05, 3.63) is 35.9 Å². The number of rotatable bonds is 12. The lowest BCUT2D eigenvalue weighted by molar-refractivity contribution is -0.138. The van der Waals surface area contributed by atoms with E-state index in [1.54, 1.807) is 30.3 Å². The van der Waals surface area contributed by atoms with E-state index in [2.05, 4.69) is 16.0 Å². The molecular weight excluding hydrogens is 392 g/mol. The van der Waals surface area contributed by atoms with Crippen molar-refractivity contribution in [3.63, 3.8) is 0 Å². The molecule has 0 saturated carbocycles. The fourth-order valence-electron chi connectivity index (χ4n) is 2.71. The Hall–Kier alpha value is -2.98. The van der Waals surface area contributed by atoms with Crippen molar-refractivity contribution < 1.29 is 29.4 Å². The maximum absolute atomic E-state index is 12.6. The number of carbonyl (C=O) groups is 4. The van der Waals surface area contributed by atoms with E-state index in [4.69, 9.17) is 10.8 Å². The number of amides is 3. The van der Waals surface area contributed by atoms with E-state index in [0.29, 0.717) is 6.42 Å². The first-order valence-corrected chi connectivity index (χ1v) is 9.64. The number of carbonyl (C=O) groups excluding carboxylic acids is 3. The summed E-state index contributed by atoms with van der Waals surface area (Å²) in [6.45, 7) is 2.49. The summed E-state index contributed by atoms with van der Waals surface area (Å²) >= 11 is 0. The van der Waals surface area contributed by atoms with E-state index >= 15 is 0 Å². The highest BCUT2D eigenvalue weighted by Crippen LogP contribution is 2.05. The molecule has 10 nitrogen and oxygen atoms in total. The van der Waals surface area contributed by atoms with Crippen LogP contribution in [0.1, 0.15) is 25.8 Å². The minimum Gasteiger partial charge on any atom is -0.480 e. The van der Waals surface area contributed by atoms with Gasteiger partial charge in [0.2, 0.25) is 17.7 Å². The van der Waals surface area contributed by atoms with Gasteiger partial charge in [-0.1, -0.05) is 44.2 Å². The molecule has 1 aromatic rings. The number of hydrogen-bond acceptors (Lipinski definition) is 6. The number of aliphatic hydroxyl groups is 1. The van der Waals surface area contributed by atoms with Gasteiger partial charge in [-0.3, -0.25) is 19.2 Å². The third kappa shape index (κ3) is 9.01. The van der Waals surface area contributed by atoms with E-state index in [0.717, 1.165) is 5.56 Å². The first-order chi connectivity index (χ1) is 14.1. The van der Waals surface area contributed by atoms with Crippen LogP contribution in [-0.4, -0.2) is 65.2 Å². The summed E-state index contributed by atoms with van der Waals surface area (Å²) in [6.07, 6.45) is 0.497. The molecule has 3 atom stereocenters. The highest BCUT2D eigenvalue weighted by Gasteiger charge is 2.28. The third-order valence-corrected chi connectivity index (χ3v) is 4.21. The van der Waals surface area contributed by atoms with Crippen LogP contribution in [0.4, 0.5) is 0 Å². The average molecular weight is 422 g/mol. The standard InChI is InChI=1S/C20H30N4O6/c1-12(2)8-14(21)18(28)24-16(11-25)20(30)23-15(19(29)22-10-17(26)27)9-13-6-4-3-5-7-13/h3-7,12,14-16,25H,8-11,21H2,1-2H3,(H,22,29)(H,23,30)(H,24,28)(H,26,27). The summed E-state index contributed by atoms with van der Waals surface area (Å²) in [5.41, 5.74) is 6.53. The molecule has 1 rings (SSSR count). The lowest BCUT2D eigenvalue weighted by atomic mass is 10.0. The van der Waals surface area contributed by atoms with Crippen LogP contribution in [0.5, 0.6) is 0 Å². The highest BCUT2D eigenvalue weighted by atomic mass is 16.4. The predicted molar refractivity (Wildman–Crippen MR) is 109 cm³/mol. The van der Waals surface area contributed by atoms with Crippen LogP contribution in [0, 0.1) is 5.92 Å². The van der Waals surface area contributed by atoms with Crippen LogP contribution in [0.3, 0.4) is 0 Å². The van der Waals surface area contributed by atoms with Crippen molar-refractivity contribution in [2.45, 2.75) is 44.8 Å². The number of carboxylic acids is 1. The zero-order valence-electron chi connectivity index (χ0n) is 17.1. The number of aliphatic hydroxyl groups excluding tert-OH is 1. The SMILES string of the molecule is CC(C)CC(N)C(=O)NC(CO)C(=O)NC(Cc1ccccc1)C(=O)NCC(=O)O. The Labute approximate surface area is 175 Å². The quantitative estimate of drug-likeness (QED) is 0.245. The van der Waals surface area contributed by atoms with Gasteiger partial charge in [0.1, 0.15) is 18.6 Å². The second kappa shape index (κ2) is 12.6. The van der Waals surface area contributed by atoms with E-state index < -0.39 is 55.0 Å². The minimum absolute atomic E-state index is 0.0942. The minimum atomic E-state index is -1.30. The molecule has 0 radical (unpaired) electrons. The summed E-state index contributed by atoms with van der Waals surface area (Å²) in [7, 11) is 0. The molecule has 0 aromatic heterocycles. The van der Waals surface area contributed by atoms with Crippen molar-refractivity contribution in [2.24, 2.45) is 11.7 Å². The average Bonchev–Trinajstić information content (AvgIpc) is 2.69. The second-order valence-corrected chi connectivity index (χ2v) is 7.34. The van der Waals surface area contributed by atoms with Crippen LogP contribution < -0.4 is 21.7 Å². The molecule has 1 aromatic carbocycles. The van der Waals surface area contributed by atoms with Crippen molar-refractivity contribution in [2.75, 3.05) is 13.2 Å². The van der Waals surface area contributed by atoms with Gasteiger partial charge in [0.25, 0.3) is 0 Å². The number of hydrogen-bond donors (Lipinski definition) is 6. The fourth-order valence-corrected chi connectivity index (χ4v) is 2.71. The Morgan fingerprint density at radius 3 is 2.10 bits per heavy atom. The molecule has 0 heterocycles. The van der Waals surface area contributed by atoms with Crippen molar-refractivity contribution in [1.82, 2.24) is 16.0 Å². The number of nitrogens with two attached hydrogens (primary N) is 1. The highest BCUT2D eigenvalue weighted by molar-refractivity contribution is 5.93. The van der Waals surface area contributed by atoms with Gasteiger partial charge in [0, 0.05) is 6.42 Å². The first kappa shape index (κ1) is 25.1. The zero-order chi connectivity index (χ0) is 22.7. The largest absolute Gasteiger partial charge is 0.480 e. The van der Waals surface area contributed by atoms with Gasteiger partial charge in [-0.2, -0.15) is 0 Å². The van der Waals surface area contributed by atoms with Gasteiger partial charge in [-0.15, -0.1) is 0 Å². The van der Waals surface area contributed by atoms with Crippen molar-refractivity contribution >= 4 is 23.7 Å². The lowest BCUT2D eigenvalue weighted by Gasteiger charge is -2.23. The molecule has 0 aliphatic rings. The molecule has 3 unspecified atom stereocenters. The Morgan fingerprint density at radius 1 is 0.967 bits per heavy atom. The topological polar surface area (TPSA) is 171 Å². The van der Waals surface area contributed by atoms with Gasteiger partial charge in [0.15, 0.2) is 0 Å². The molecule has 0 bridgehead atoms. The maximum Gasteiger partial charge on any atom is 0.322 e. The van der Waals surface area contributed by atoms with E-state index in [1.165, 1.54) is 0 Å². The van der Waals surface area contributed by atoms with Gasteiger partial charge >= 0.3 is 5.97 Å². The van der Waals surface area contributed by atoms with Gasteiger partial charge in [0.05, 0.1) is 12.6 Å². The molecule has 0 aliphatic carbocycles. The maximum atomic E-state index is 12.6. The third-order valence-electron chi connectivity index (χ3n) is 4.21. The first-order valence-electron chi connectivity index (χ1n) is 9.64. The van der Waals surface area contributed by atoms with Crippen LogP contribution in [-0.2, 0) is 25.6 Å². The predicted octanol–water partition coefficient (Wildman–Crippen LogP) is -1.23. The molecule has 10 heteroatoms. The number of aliphatic carboxylic acids is 1. The molecule has 0 aliphatic heterocycles. The Kier molecular flexibility index (Phi) is 10.5. The smallest absolute Gasteiger partial charge is 0.322 e. The molecular formula is C20H30N4O6. The molecule has 7 N–H and O–H groups in total. The monoisotopic (exact) mass is 422 g/mol. The number of nitrogens with one attached hydrogen (secondary N) is 3. The van der Waals surface area contributed by atoms with Crippen LogP contribution >= 0.6 is 0 Å². The zero-order valence-corrected chi connectivity index (χ0v) is 17.1. The summed E-state index contributed by atoms with van der Waals surface area (Å²) in [5, 5.41) is 25.4. The Balaban J connectivity index is 2.85. The van der Waals surface area contributed by atoms with E-state index in [9.17, 15) is 24.3 Å².